The fourth-order valence-corrected chi connectivity index (χ4v) is 1.15. The molecule has 6 heteroatoms. The van der Waals surface area contributed by atoms with Crippen LogP contribution in [-0.4, -0.2) is 24.9 Å². The molecule has 0 saturated heterocycles. The second-order valence-electron chi connectivity index (χ2n) is 3.39. The number of carbonyl (C=O) groups is 2. The Morgan fingerprint density at radius 3 is 2.18 bits per heavy atom. The molecule has 0 saturated carbocycles. The molecule has 0 aliphatic rings. The molecule has 0 aliphatic carbocycles. The van der Waals surface area contributed by atoms with Crippen molar-refractivity contribution < 1.29 is 22.8 Å². The third-order valence-corrected chi connectivity index (χ3v) is 2.15. The van der Waals surface area contributed by atoms with Crippen LogP contribution < -0.4 is 4.90 Å². The lowest BCUT2D eigenvalue weighted by Gasteiger charge is -2.17. The van der Waals surface area contributed by atoms with Crippen molar-refractivity contribution in [3.63, 3.8) is 0 Å². The van der Waals surface area contributed by atoms with Crippen LogP contribution in [-0.2, 0) is 9.59 Å². The molecular formula is C11H10F3NO2. The quantitative estimate of drug-likeness (QED) is 0.765. The number of nitrogens with zero attached hydrogens (tertiary/aromatic N) is 1. The van der Waals surface area contributed by atoms with E-state index in [1.165, 1.54) is 7.05 Å². The van der Waals surface area contributed by atoms with Gasteiger partial charge in [-0.2, -0.15) is 13.2 Å². The van der Waals surface area contributed by atoms with Crippen LogP contribution in [0, 0.1) is 0 Å². The van der Waals surface area contributed by atoms with Crippen molar-refractivity contribution in [3.05, 3.63) is 30.3 Å². The molecule has 1 amide bonds. The van der Waals surface area contributed by atoms with Crippen LogP contribution in [0.3, 0.4) is 0 Å². The second kappa shape index (κ2) is 4.99. The highest BCUT2D eigenvalue weighted by Crippen LogP contribution is 2.19. The normalized spacial score (nSPS) is 11.1. The molecule has 1 rings (SSSR count). The number of amides is 1. The molecule has 0 unspecified atom stereocenters. The maximum Gasteiger partial charge on any atom is 0.450 e. The van der Waals surface area contributed by atoms with Crippen molar-refractivity contribution in [2.24, 2.45) is 0 Å². The summed E-state index contributed by atoms with van der Waals surface area (Å²) in [6.07, 6.45) is -6.14. The van der Waals surface area contributed by atoms with E-state index >= 15 is 0 Å². The molecule has 0 fully saturated rings. The number of rotatable bonds is 3. The zero-order valence-electron chi connectivity index (χ0n) is 8.99. The van der Waals surface area contributed by atoms with Gasteiger partial charge in [0.2, 0.25) is 11.7 Å². The minimum Gasteiger partial charge on any atom is -0.315 e. The third-order valence-electron chi connectivity index (χ3n) is 2.15. The van der Waals surface area contributed by atoms with E-state index in [4.69, 9.17) is 0 Å². The molecule has 17 heavy (non-hydrogen) atoms. The number of carbonyl (C=O) groups excluding carboxylic acids is 2. The summed E-state index contributed by atoms with van der Waals surface area (Å²) in [6.45, 7) is 0. The molecule has 92 valence electrons. The molecular weight excluding hydrogens is 235 g/mol. The average Bonchev–Trinajstić information content (AvgIpc) is 2.27. The Morgan fingerprint density at radius 1 is 1.18 bits per heavy atom. The van der Waals surface area contributed by atoms with Gasteiger partial charge in [0.15, 0.2) is 0 Å². The van der Waals surface area contributed by atoms with Gasteiger partial charge in [-0.05, 0) is 12.1 Å². The van der Waals surface area contributed by atoms with E-state index in [1.807, 2.05) is 0 Å². The summed E-state index contributed by atoms with van der Waals surface area (Å²) in [5.74, 6) is -2.93. The number of para-hydroxylation sites is 1. The molecule has 1 aromatic rings. The largest absolute Gasteiger partial charge is 0.450 e. The first-order chi connectivity index (χ1) is 7.82. The molecule has 0 radical (unpaired) electrons. The van der Waals surface area contributed by atoms with Crippen LogP contribution in [0.2, 0.25) is 0 Å². The smallest absolute Gasteiger partial charge is 0.315 e. The van der Waals surface area contributed by atoms with E-state index < -0.39 is 24.3 Å². The summed E-state index contributed by atoms with van der Waals surface area (Å²) < 4.78 is 35.9. The molecule has 0 aliphatic heterocycles. The molecule has 0 heterocycles. The molecule has 0 atom stereocenters. The highest BCUT2D eigenvalue weighted by Gasteiger charge is 2.39. The van der Waals surface area contributed by atoms with Crippen molar-refractivity contribution in [2.45, 2.75) is 12.6 Å². The molecule has 3 nitrogen and oxygen atoms in total. The number of Topliss-reactive ketones (excluding diaryl/α,β-unsaturated/α-hetero) is 1. The monoisotopic (exact) mass is 245 g/mol. The Morgan fingerprint density at radius 2 is 1.71 bits per heavy atom. The predicted molar refractivity (Wildman–Crippen MR) is 55.5 cm³/mol. The minimum atomic E-state index is -4.97. The van der Waals surface area contributed by atoms with Gasteiger partial charge >= 0.3 is 6.18 Å². The van der Waals surface area contributed by atoms with E-state index in [0.717, 1.165) is 4.90 Å². The first-order valence-electron chi connectivity index (χ1n) is 4.74. The van der Waals surface area contributed by atoms with Crippen LogP contribution in [0.25, 0.3) is 0 Å². The Hall–Kier alpha value is -1.85. The first-order valence-corrected chi connectivity index (χ1v) is 4.74. The van der Waals surface area contributed by atoms with Crippen molar-refractivity contribution in [2.75, 3.05) is 11.9 Å². The summed E-state index contributed by atoms with van der Waals surface area (Å²) in [5.41, 5.74) is 0.437. The summed E-state index contributed by atoms with van der Waals surface area (Å²) in [6, 6.07) is 8.13. The van der Waals surface area contributed by atoms with Crippen molar-refractivity contribution >= 4 is 17.4 Å². The van der Waals surface area contributed by atoms with Crippen LogP contribution in [0.15, 0.2) is 30.3 Å². The standard InChI is InChI=1S/C11H10F3NO2/c1-15(8-5-3-2-4-6-8)10(17)7-9(16)11(12,13)14/h2-6H,7H2,1H3. The van der Waals surface area contributed by atoms with Gasteiger partial charge in [-0.1, -0.05) is 18.2 Å². The Labute approximate surface area is 95.8 Å². The fraction of sp³-hybridized carbons (Fsp3) is 0.273. The maximum absolute atomic E-state index is 12.0. The van der Waals surface area contributed by atoms with Crippen molar-refractivity contribution in [3.8, 4) is 0 Å². The summed E-state index contributed by atoms with van der Waals surface area (Å²) >= 11 is 0. The fourth-order valence-electron chi connectivity index (χ4n) is 1.15. The second-order valence-corrected chi connectivity index (χ2v) is 3.39. The lowest BCUT2D eigenvalue weighted by atomic mass is 10.2. The predicted octanol–water partition coefficient (Wildman–Crippen LogP) is 2.17. The summed E-state index contributed by atoms with van der Waals surface area (Å²) in [5, 5.41) is 0. The Balaban J connectivity index is 2.69. The Kier molecular flexibility index (Phi) is 3.88. The Bertz CT molecular complexity index is 414. The summed E-state index contributed by atoms with van der Waals surface area (Å²) in [4.78, 5) is 23.1. The van der Waals surface area contributed by atoms with E-state index in [9.17, 15) is 22.8 Å². The van der Waals surface area contributed by atoms with Gasteiger partial charge in [-0.15, -0.1) is 0 Å². The van der Waals surface area contributed by atoms with Gasteiger partial charge in [0.1, 0.15) is 0 Å². The van der Waals surface area contributed by atoms with Gasteiger partial charge in [-0.25, -0.2) is 0 Å². The van der Waals surface area contributed by atoms with Crippen molar-refractivity contribution in [1.29, 1.82) is 0 Å². The number of halogens is 3. The van der Waals surface area contributed by atoms with Gasteiger partial charge in [0, 0.05) is 12.7 Å². The number of benzene rings is 1. The molecule has 0 bridgehead atoms. The molecule has 0 N–H and O–H groups in total. The number of ketones is 1. The SMILES string of the molecule is CN(C(=O)CC(=O)C(F)(F)F)c1ccccc1. The maximum atomic E-state index is 12.0. The lowest BCUT2D eigenvalue weighted by molar-refractivity contribution is -0.171. The topological polar surface area (TPSA) is 37.4 Å². The third kappa shape index (κ3) is 3.58. The highest BCUT2D eigenvalue weighted by atomic mass is 19.4. The van der Waals surface area contributed by atoms with Crippen molar-refractivity contribution in [1.82, 2.24) is 0 Å². The minimum absolute atomic E-state index is 0.437. The number of anilines is 1. The van der Waals surface area contributed by atoms with Gasteiger partial charge in [-0.3, -0.25) is 9.59 Å². The molecule has 0 spiro atoms. The zero-order chi connectivity index (χ0) is 13.1. The average molecular weight is 245 g/mol. The number of hydrogen-bond donors (Lipinski definition) is 0. The van der Waals surface area contributed by atoms with Crippen LogP contribution in [0.5, 0.6) is 0 Å². The van der Waals surface area contributed by atoms with Gasteiger partial charge in [0.25, 0.3) is 0 Å². The van der Waals surface area contributed by atoms with E-state index in [-0.39, 0.29) is 0 Å². The highest BCUT2D eigenvalue weighted by molar-refractivity contribution is 6.07. The molecule has 0 aromatic heterocycles. The summed E-state index contributed by atoms with van der Waals surface area (Å²) in [7, 11) is 1.32. The zero-order valence-corrected chi connectivity index (χ0v) is 8.99. The van der Waals surface area contributed by atoms with Gasteiger partial charge < -0.3 is 4.90 Å². The van der Waals surface area contributed by atoms with Crippen LogP contribution >= 0.6 is 0 Å². The lowest BCUT2D eigenvalue weighted by Crippen LogP contribution is -2.33. The van der Waals surface area contributed by atoms with Gasteiger partial charge in [0.05, 0.1) is 6.42 Å². The van der Waals surface area contributed by atoms with E-state index in [0.29, 0.717) is 5.69 Å². The molecule has 1 aromatic carbocycles. The van der Waals surface area contributed by atoms with E-state index in [1.54, 1.807) is 30.3 Å². The van der Waals surface area contributed by atoms with Crippen LogP contribution in [0.1, 0.15) is 6.42 Å². The van der Waals surface area contributed by atoms with Crippen LogP contribution in [0.4, 0.5) is 18.9 Å². The first kappa shape index (κ1) is 13.2. The van der Waals surface area contributed by atoms with E-state index in [2.05, 4.69) is 0 Å². The number of hydrogen-bond acceptors (Lipinski definition) is 2. The number of alkyl halides is 3.